The summed E-state index contributed by atoms with van der Waals surface area (Å²) in [4.78, 5) is 18.4. The number of hydrogen-bond acceptors (Lipinski definition) is 5. The van der Waals surface area contributed by atoms with Gasteiger partial charge in [0.15, 0.2) is 5.17 Å². The van der Waals surface area contributed by atoms with Gasteiger partial charge in [-0.3, -0.25) is 9.69 Å². The third-order valence-corrected chi connectivity index (χ3v) is 6.34. The average molecular weight is 410 g/mol. The number of alkyl halides is 2. The number of carbonyl (C=O) groups excluding carboxylic acids is 1. The molecule has 3 rings (SSSR count). The van der Waals surface area contributed by atoms with Crippen LogP contribution in [0.15, 0.2) is 64.5 Å². The third kappa shape index (κ3) is 4.36. The van der Waals surface area contributed by atoms with Crippen LogP contribution in [0.4, 0.5) is 14.5 Å². The second kappa shape index (κ2) is 8.18. The molecule has 1 aliphatic heterocycles. The first-order chi connectivity index (χ1) is 12.9. The Kier molecular flexibility index (Phi) is 5.91. The number of aliphatic imine (C=N–C) groups is 1. The van der Waals surface area contributed by atoms with Gasteiger partial charge >= 0.3 is 5.76 Å². The molecule has 2 aromatic rings. The fourth-order valence-corrected chi connectivity index (χ4v) is 4.18. The van der Waals surface area contributed by atoms with E-state index in [2.05, 4.69) is 4.99 Å². The Balaban J connectivity index is 1.86. The Bertz CT molecular complexity index is 946. The molecule has 142 valence electrons. The van der Waals surface area contributed by atoms with Crippen molar-refractivity contribution in [1.29, 1.82) is 0 Å². The normalized spacial score (nSPS) is 16.7. The molecule has 0 N–H and O–H groups in total. The average Bonchev–Trinajstić information content (AvgIpc) is 2.68. The lowest BCUT2D eigenvalue weighted by atomic mass is 10.2. The predicted molar refractivity (Wildman–Crippen MR) is 101 cm³/mol. The van der Waals surface area contributed by atoms with Crippen LogP contribution in [-0.2, 0) is 9.84 Å². The molecule has 27 heavy (non-hydrogen) atoms. The van der Waals surface area contributed by atoms with Gasteiger partial charge in [0.1, 0.15) is 0 Å². The maximum absolute atomic E-state index is 12.8. The minimum atomic E-state index is -4.68. The Morgan fingerprint density at radius 1 is 1.07 bits per heavy atom. The maximum atomic E-state index is 12.8. The van der Waals surface area contributed by atoms with Gasteiger partial charge in [-0.1, -0.05) is 30.0 Å². The highest BCUT2D eigenvalue weighted by atomic mass is 32.2. The summed E-state index contributed by atoms with van der Waals surface area (Å²) in [5, 5.41) is 0.557. The van der Waals surface area contributed by atoms with Gasteiger partial charge in [0.2, 0.25) is 9.84 Å². The quantitative estimate of drug-likeness (QED) is 0.766. The van der Waals surface area contributed by atoms with Crippen molar-refractivity contribution in [2.45, 2.75) is 17.1 Å². The van der Waals surface area contributed by atoms with E-state index in [1.807, 2.05) is 30.3 Å². The SMILES string of the molecule is O=C(c1ccc(S(=O)(=O)C(F)F)cc1)N1CCCSC1=Nc1ccccc1. The number of benzene rings is 2. The van der Waals surface area contributed by atoms with Crippen molar-refractivity contribution in [3.8, 4) is 0 Å². The van der Waals surface area contributed by atoms with Crippen LogP contribution in [0.2, 0.25) is 0 Å². The third-order valence-electron chi connectivity index (χ3n) is 3.88. The van der Waals surface area contributed by atoms with Gasteiger partial charge in [-0.25, -0.2) is 13.4 Å². The number of hydrogen-bond donors (Lipinski definition) is 0. The van der Waals surface area contributed by atoms with E-state index < -0.39 is 20.5 Å². The van der Waals surface area contributed by atoms with Crippen LogP contribution in [0.5, 0.6) is 0 Å². The molecule has 0 spiro atoms. The summed E-state index contributed by atoms with van der Waals surface area (Å²) in [5.74, 6) is -3.01. The van der Waals surface area contributed by atoms with Gasteiger partial charge in [-0.05, 0) is 42.8 Å². The highest BCUT2D eigenvalue weighted by Gasteiger charge is 2.28. The molecule has 2 aromatic carbocycles. The molecule has 0 saturated carbocycles. The van der Waals surface area contributed by atoms with E-state index >= 15 is 0 Å². The smallest absolute Gasteiger partial charge is 0.287 e. The maximum Gasteiger partial charge on any atom is 0.341 e. The molecular weight excluding hydrogens is 394 g/mol. The van der Waals surface area contributed by atoms with Crippen LogP contribution in [-0.4, -0.2) is 42.4 Å². The van der Waals surface area contributed by atoms with E-state index in [0.29, 0.717) is 11.7 Å². The molecule has 0 radical (unpaired) electrons. The van der Waals surface area contributed by atoms with Crippen molar-refractivity contribution in [3.05, 3.63) is 60.2 Å². The molecule has 1 amide bonds. The van der Waals surface area contributed by atoms with Crippen molar-refractivity contribution in [1.82, 2.24) is 4.90 Å². The van der Waals surface area contributed by atoms with E-state index in [4.69, 9.17) is 0 Å². The zero-order valence-electron chi connectivity index (χ0n) is 14.1. The number of thioether (sulfide) groups is 1. The summed E-state index contributed by atoms with van der Waals surface area (Å²) in [6.45, 7) is 0.481. The van der Waals surface area contributed by atoms with Crippen LogP contribution < -0.4 is 0 Å². The Morgan fingerprint density at radius 2 is 1.74 bits per heavy atom. The topological polar surface area (TPSA) is 66.8 Å². The molecule has 1 saturated heterocycles. The van der Waals surface area contributed by atoms with Gasteiger partial charge in [0, 0.05) is 17.9 Å². The van der Waals surface area contributed by atoms with E-state index in [0.717, 1.165) is 30.0 Å². The van der Waals surface area contributed by atoms with Crippen molar-refractivity contribution < 1.29 is 22.0 Å². The van der Waals surface area contributed by atoms with Crippen LogP contribution >= 0.6 is 11.8 Å². The predicted octanol–water partition coefficient (Wildman–Crippen LogP) is 3.95. The summed E-state index contributed by atoms with van der Waals surface area (Å²) < 4.78 is 48.3. The summed E-state index contributed by atoms with van der Waals surface area (Å²) in [6.07, 6.45) is 0.794. The minimum absolute atomic E-state index is 0.214. The number of sulfone groups is 1. The van der Waals surface area contributed by atoms with Crippen molar-refractivity contribution in [2.24, 2.45) is 4.99 Å². The number of carbonyl (C=O) groups is 1. The summed E-state index contributed by atoms with van der Waals surface area (Å²) in [7, 11) is -4.68. The Morgan fingerprint density at radius 3 is 2.37 bits per heavy atom. The molecule has 0 bridgehead atoms. The largest absolute Gasteiger partial charge is 0.341 e. The van der Waals surface area contributed by atoms with E-state index in [-0.39, 0.29) is 11.5 Å². The van der Waals surface area contributed by atoms with Crippen LogP contribution in [0, 0.1) is 0 Å². The molecule has 0 aliphatic carbocycles. The number of amides is 1. The van der Waals surface area contributed by atoms with E-state index in [1.165, 1.54) is 28.8 Å². The fraction of sp³-hybridized carbons (Fsp3) is 0.222. The van der Waals surface area contributed by atoms with E-state index in [1.54, 1.807) is 0 Å². The highest BCUT2D eigenvalue weighted by Crippen LogP contribution is 2.25. The summed E-state index contributed by atoms with van der Waals surface area (Å²) in [6, 6.07) is 13.8. The molecule has 0 atom stereocenters. The van der Waals surface area contributed by atoms with Crippen molar-refractivity contribution in [3.63, 3.8) is 0 Å². The first-order valence-electron chi connectivity index (χ1n) is 8.10. The Labute approximate surface area is 160 Å². The van der Waals surface area contributed by atoms with Gasteiger partial charge in [-0.2, -0.15) is 8.78 Å². The number of rotatable bonds is 4. The molecule has 0 aromatic heterocycles. The lowest BCUT2D eigenvalue weighted by molar-refractivity contribution is 0.0849. The standard InChI is InChI=1S/C18H16F2N2O3S2/c19-17(20)27(24,25)15-9-7-13(8-10-15)16(23)22-11-4-12-26-18(22)21-14-5-2-1-3-6-14/h1-3,5-10,17H,4,11-12H2. The van der Waals surface area contributed by atoms with Crippen LogP contribution in [0.1, 0.15) is 16.8 Å². The lowest BCUT2D eigenvalue weighted by Crippen LogP contribution is -2.39. The van der Waals surface area contributed by atoms with Crippen LogP contribution in [0.3, 0.4) is 0 Å². The van der Waals surface area contributed by atoms with Crippen molar-refractivity contribution in [2.75, 3.05) is 12.3 Å². The number of amidine groups is 1. The molecule has 1 heterocycles. The molecule has 1 aliphatic rings. The van der Waals surface area contributed by atoms with E-state index in [9.17, 15) is 22.0 Å². The van der Waals surface area contributed by atoms with Gasteiger partial charge in [0.25, 0.3) is 5.91 Å². The second-order valence-electron chi connectivity index (χ2n) is 5.72. The summed E-state index contributed by atoms with van der Waals surface area (Å²) in [5.41, 5.74) is 0.935. The van der Waals surface area contributed by atoms with Gasteiger partial charge in [0.05, 0.1) is 10.6 Å². The van der Waals surface area contributed by atoms with Crippen molar-refractivity contribution >= 4 is 38.4 Å². The zero-order chi connectivity index (χ0) is 19.4. The van der Waals surface area contributed by atoms with Gasteiger partial charge < -0.3 is 0 Å². The molecular formula is C18H16F2N2O3S2. The zero-order valence-corrected chi connectivity index (χ0v) is 15.7. The lowest BCUT2D eigenvalue weighted by Gasteiger charge is -2.27. The van der Waals surface area contributed by atoms with Crippen LogP contribution in [0.25, 0.3) is 0 Å². The number of nitrogens with zero attached hydrogens (tertiary/aromatic N) is 2. The highest BCUT2D eigenvalue weighted by molar-refractivity contribution is 8.13. The Hall–Kier alpha value is -2.26. The van der Waals surface area contributed by atoms with Gasteiger partial charge in [-0.15, -0.1) is 0 Å². The first kappa shape index (κ1) is 19.5. The molecule has 1 fully saturated rings. The molecule has 5 nitrogen and oxygen atoms in total. The molecule has 0 unspecified atom stereocenters. The minimum Gasteiger partial charge on any atom is -0.287 e. The monoisotopic (exact) mass is 410 g/mol. The fourth-order valence-electron chi connectivity index (χ4n) is 2.50. The number of para-hydroxylation sites is 1. The molecule has 9 heteroatoms. The second-order valence-corrected chi connectivity index (χ2v) is 8.70. The number of halogens is 2. The summed E-state index contributed by atoms with van der Waals surface area (Å²) >= 11 is 1.46. The first-order valence-corrected chi connectivity index (χ1v) is 10.6.